The topological polar surface area (TPSA) is 0 Å². The van der Waals surface area contributed by atoms with Crippen LogP contribution in [0.25, 0.3) is 0 Å². The molecule has 1 aromatic carbocycles. The molecule has 0 spiro atoms. The third kappa shape index (κ3) is 2.47. The highest BCUT2D eigenvalue weighted by Gasteiger charge is 2.12. The summed E-state index contributed by atoms with van der Waals surface area (Å²) in [6.45, 7) is 6.70. The van der Waals surface area contributed by atoms with Gasteiger partial charge in [-0.2, -0.15) is 0 Å². The normalized spacial score (nSPS) is 11.6. The lowest BCUT2D eigenvalue weighted by Gasteiger charge is -2.17. The minimum atomic E-state index is 0.287. The maximum Gasteiger partial charge on any atom is 0.296 e. The molecular weight excluding hydrogens is 247 g/mol. The molecule has 0 N–H and O–H groups in total. The highest BCUT2D eigenvalue weighted by atomic mass is 127. The van der Waals surface area contributed by atoms with Gasteiger partial charge >= 0.3 is 0 Å². The highest BCUT2D eigenvalue weighted by molar-refractivity contribution is 5.21. The Morgan fingerprint density at radius 1 is 1.00 bits per heavy atom. The van der Waals surface area contributed by atoms with E-state index in [0.29, 0.717) is 0 Å². The quantitative estimate of drug-likeness (QED) is 0.549. The van der Waals surface area contributed by atoms with E-state index in [1.165, 1.54) is 9.13 Å². The van der Waals surface area contributed by atoms with Crippen molar-refractivity contribution in [2.24, 2.45) is 0 Å². The molecule has 0 aliphatic carbocycles. The molecule has 11 heavy (non-hydrogen) atoms. The van der Waals surface area contributed by atoms with Gasteiger partial charge in [-0.1, -0.05) is 32.9 Å². The van der Waals surface area contributed by atoms with Gasteiger partial charge in [0.05, 0.1) is 0 Å². The lowest BCUT2D eigenvalue weighted by atomic mass is 9.87. The molecule has 0 saturated carbocycles. The van der Waals surface area contributed by atoms with E-state index in [-0.39, 0.29) is 5.41 Å². The molecule has 0 amide bonds. The number of benzene rings is 1. The van der Waals surface area contributed by atoms with Gasteiger partial charge in [0.1, 0.15) is 0 Å². The molecule has 0 radical (unpaired) electrons. The van der Waals surface area contributed by atoms with Crippen LogP contribution in [0, 0.1) is 3.57 Å². The van der Waals surface area contributed by atoms with E-state index < -0.39 is 0 Å². The smallest absolute Gasteiger partial charge is 0.0561 e. The lowest BCUT2D eigenvalue weighted by Crippen LogP contribution is -3.34. The van der Waals surface area contributed by atoms with Crippen molar-refractivity contribution in [1.29, 1.82) is 0 Å². The van der Waals surface area contributed by atoms with Crippen molar-refractivity contribution in [3.05, 3.63) is 33.4 Å². The summed E-state index contributed by atoms with van der Waals surface area (Å²) in [7, 11) is 0. The van der Waals surface area contributed by atoms with Crippen molar-refractivity contribution in [3.8, 4) is 0 Å². The van der Waals surface area contributed by atoms with Crippen molar-refractivity contribution >= 4 is 0 Å². The van der Waals surface area contributed by atoms with E-state index in [2.05, 4.69) is 45.0 Å². The first-order chi connectivity index (χ1) is 5.00. The zero-order valence-corrected chi connectivity index (χ0v) is 9.55. The van der Waals surface area contributed by atoms with Gasteiger partial charge < -0.3 is 0 Å². The number of halogens is 1. The SMILES string of the molecule is CC(C)(C)c1ccc([IH+])cc1. The lowest BCUT2D eigenvalue weighted by molar-refractivity contribution is -0.328. The molecule has 0 heterocycles. The Labute approximate surface area is 82.2 Å². The van der Waals surface area contributed by atoms with Gasteiger partial charge in [-0.15, -0.1) is 0 Å². The van der Waals surface area contributed by atoms with Gasteiger partial charge in [-0.05, 0) is 23.1 Å². The fraction of sp³-hybridized carbons (Fsp3) is 0.400. The predicted octanol–water partition coefficient (Wildman–Crippen LogP) is -0.561. The fourth-order valence-corrected chi connectivity index (χ4v) is 1.34. The summed E-state index contributed by atoms with van der Waals surface area (Å²) >= 11 is 2.05. The first-order valence-corrected chi connectivity index (χ1v) is 4.94. The van der Waals surface area contributed by atoms with Crippen LogP contribution in [0.15, 0.2) is 24.3 Å². The molecule has 0 aliphatic heterocycles. The molecule has 1 rings (SSSR count). The van der Waals surface area contributed by atoms with Crippen LogP contribution in [0.3, 0.4) is 0 Å². The van der Waals surface area contributed by atoms with Crippen LogP contribution in [0.1, 0.15) is 26.3 Å². The molecule has 1 aromatic rings. The predicted molar refractivity (Wildman–Crippen MR) is 45.2 cm³/mol. The molecule has 1 heteroatoms. The number of hydrogen-bond acceptors (Lipinski definition) is 0. The average molecular weight is 261 g/mol. The van der Waals surface area contributed by atoms with Crippen molar-refractivity contribution in [2.75, 3.05) is 0 Å². The molecule has 0 aromatic heterocycles. The Morgan fingerprint density at radius 2 is 1.45 bits per heavy atom. The summed E-state index contributed by atoms with van der Waals surface area (Å²) in [4.78, 5) is 0. The summed E-state index contributed by atoms with van der Waals surface area (Å²) in [6, 6.07) is 8.76. The molecule has 0 atom stereocenters. The van der Waals surface area contributed by atoms with Crippen LogP contribution in [0.4, 0.5) is 0 Å². The van der Waals surface area contributed by atoms with E-state index in [4.69, 9.17) is 0 Å². The summed E-state index contributed by atoms with van der Waals surface area (Å²) in [5, 5.41) is 0. The third-order valence-electron chi connectivity index (χ3n) is 1.72. The number of rotatable bonds is 0. The Hall–Kier alpha value is -0.0500. The average Bonchev–Trinajstić information content (AvgIpc) is 1.86. The monoisotopic (exact) mass is 261 g/mol. The molecule has 0 aliphatic rings. The highest BCUT2D eigenvalue weighted by Crippen LogP contribution is 2.20. The molecule has 60 valence electrons. The largest absolute Gasteiger partial charge is 0.296 e. The minimum absolute atomic E-state index is 0.287. The van der Waals surface area contributed by atoms with Crippen LogP contribution in [-0.4, -0.2) is 0 Å². The Bertz CT molecular complexity index is 228. The van der Waals surface area contributed by atoms with Gasteiger partial charge in [0.25, 0.3) is 22.6 Å². The fourth-order valence-electron chi connectivity index (χ4n) is 0.955. The van der Waals surface area contributed by atoms with E-state index in [1.54, 1.807) is 0 Å². The summed E-state index contributed by atoms with van der Waals surface area (Å²) in [6.07, 6.45) is 0. The van der Waals surface area contributed by atoms with Crippen LogP contribution < -0.4 is 22.6 Å². The van der Waals surface area contributed by atoms with Gasteiger partial charge in [0.15, 0.2) is 3.57 Å². The Morgan fingerprint density at radius 3 is 1.82 bits per heavy atom. The minimum Gasteiger partial charge on any atom is -0.0561 e. The first kappa shape index (κ1) is 9.04. The van der Waals surface area contributed by atoms with Gasteiger partial charge in [0, 0.05) is 0 Å². The zero-order valence-electron chi connectivity index (χ0n) is 7.22. The second-order valence-corrected chi connectivity index (χ2v) is 5.12. The Kier molecular flexibility index (Phi) is 2.58. The van der Waals surface area contributed by atoms with Crippen LogP contribution >= 0.6 is 0 Å². The van der Waals surface area contributed by atoms with Crippen LogP contribution in [0.5, 0.6) is 0 Å². The maximum atomic E-state index is 2.23. The van der Waals surface area contributed by atoms with Gasteiger partial charge in [-0.25, -0.2) is 0 Å². The van der Waals surface area contributed by atoms with Crippen LogP contribution in [-0.2, 0) is 5.41 Å². The van der Waals surface area contributed by atoms with E-state index in [9.17, 15) is 0 Å². The molecule has 0 nitrogen and oxygen atoms in total. The molecule has 0 unspecified atom stereocenters. The maximum absolute atomic E-state index is 2.23. The summed E-state index contributed by atoms with van der Waals surface area (Å²) in [5.41, 5.74) is 1.69. The second kappa shape index (κ2) is 3.13. The third-order valence-corrected chi connectivity index (χ3v) is 2.50. The van der Waals surface area contributed by atoms with Crippen molar-refractivity contribution in [3.63, 3.8) is 0 Å². The molecule has 0 saturated heterocycles. The van der Waals surface area contributed by atoms with Crippen molar-refractivity contribution in [1.82, 2.24) is 0 Å². The second-order valence-electron chi connectivity index (χ2n) is 3.77. The zero-order chi connectivity index (χ0) is 8.48. The summed E-state index contributed by atoms with van der Waals surface area (Å²) < 4.78 is 1.34. The van der Waals surface area contributed by atoms with Crippen molar-refractivity contribution < 1.29 is 22.6 Å². The Balaban J connectivity index is 2.99. The molecule has 0 fully saturated rings. The van der Waals surface area contributed by atoms with E-state index in [1.807, 2.05) is 22.6 Å². The van der Waals surface area contributed by atoms with Crippen molar-refractivity contribution in [2.45, 2.75) is 26.2 Å². The summed E-state index contributed by atoms with van der Waals surface area (Å²) in [5.74, 6) is 0. The van der Waals surface area contributed by atoms with E-state index >= 15 is 0 Å². The van der Waals surface area contributed by atoms with E-state index in [0.717, 1.165) is 0 Å². The standard InChI is InChI=1S/C10H14I/c1-10(2,3)8-4-6-9(11)7-5-8/h4-7,11H,1-3H3/q+1. The van der Waals surface area contributed by atoms with Gasteiger partial charge in [-0.3, -0.25) is 0 Å². The molecule has 0 bridgehead atoms. The van der Waals surface area contributed by atoms with Gasteiger partial charge in [0.2, 0.25) is 0 Å². The first-order valence-electron chi connectivity index (χ1n) is 3.78. The number of hydrogen-bond donors (Lipinski definition) is 0. The van der Waals surface area contributed by atoms with Crippen LogP contribution in [0.2, 0.25) is 0 Å². The molecular formula is C10H14I+.